The minimum absolute atomic E-state index is 0.0192. The van der Waals surface area contributed by atoms with Crippen LogP contribution in [0.2, 0.25) is 0 Å². The van der Waals surface area contributed by atoms with E-state index in [-0.39, 0.29) is 18.3 Å². The zero-order valence-corrected chi connectivity index (χ0v) is 11.3. The number of thiazole rings is 1. The Bertz CT molecular complexity index is 596. The molecule has 106 valence electrons. The first-order chi connectivity index (χ1) is 9.56. The highest BCUT2D eigenvalue weighted by Gasteiger charge is 2.12. The number of aromatic carboxylic acids is 1. The number of nitrogens with zero attached hydrogens (tertiary/aromatic N) is 4. The average molecular weight is 296 g/mol. The molecule has 0 saturated carbocycles. The number of urea groups is 1. The maximum absolute atomic E-state index is 11.8. The molecule has 0 atom stereocenters. The highest BCUT2D eigenvalue weighted by atomic mass is 32.1. The average Bonchev–Trinajstić information content (AvgIpc) is 3.06. The van der Waals surface area contributed by atoms with Crippen LogP contribution in [0, 0.1) is 0 Å². The first kappa shape index (κ1) is 13.9. The molecule has 3 N–H and O–H groups in total. The summed E-state index contributed by atoms with van der Waals surface area (Å²) in [5, 5.41) is 19.7. The summed E-state index contributed by atoms with van der Waals surface area (Å²) in [7, 11) is 1.61. The van der Waals surface area contributed by atoms with Gasteiger partial charge in [-0.2, -0.15) is 5.10 Å². The van der Waals surface area contributed by atoms with Gasteiger partial charge in [0.2, 0.25) is 0 Å². The third-order valence-electron chi connectivity index (χ3n) is 2.36. The standard InChI is InChI=1S/C10H12N6O3S/c1-16(3-7-12-5-13-15-7)10(19)11-2-8-14-6(4-20-8)9(17)18/h4-5H,2-3H2,1H3,(H,11,19)(H,17,18)(H,12,13,15). The van der Waals surface area contributed by atoms with Crippen LogP contribution in [-0.4, -0.2) is 49.2 Å². The number of hydrogen-bond donors (Lipinski definition) is 3. The van der Waals surface area contributed by atoms with E-state index >= 15 is 0 Å². The number of rotatable bonds is 5. The first-order valence-electron chi connectivity index (χ1n) is 5.57. The highest BCUT2D eigenvalue weighted by molar-refractivity contribution is 7.09. The van der Waals surface area contributed by atoms with Crippen LogP contribution in [0.15, 0.2) is 11.7 Å². The Morgan fingerprint density at radius 2 is 2.35 bits per heavy atom. The van der Waals surface area contributed by atoms with Crippen LogP contribution < -0.4 is 5.32 Å². The van der Waals surface area contributed by atoms with Crippen molar-refractivity contribution in [3.05, 3.63) is 28.2 Å². The highest BCUT2D eigenvalue weighted by Crippen LogP contribution is 2.09. The number of carboxylic acid groups (broad SMARTS) is 1. The fraction of sp³-hybridized carbons (Fsp3) is 0.300. The second-order valence-electron chi connectivity index (χ2n) is 3.88. The molecule has 0 bridgehead atoms. The van der Waals surface area contributed by atoms with Gasteiger partial charge >= 0.3 is 12.0 Å². The van der Waals surface area contributed by atoms with E-state index in [0.29, 0.717) is 17.4 Å². The molecule has 0 spiro atoms. The number of amides is 2. The molecule has 20 heavy (non-hydrogen) atoms. The monoisotopic (exact) mass is 296 g/mol. The van der Waals surface area contributed by atoms with Gasteiger partial charge < -0.3 is 15.3 Å². The van der Waals surface area contributed by atoms with Crippen molar-refractivity contribution in [2.24, 2.45) is 0 Å². The summed E-state index contributed by atoms with van der Waals surface area (Å²) in [6.07, 6.45) is 1.37. The number of aromatic amines is 1. The fourth-order valence-electron chi connectivity index (χ4n) is 1.38. The topological polar surface area (TPSA) is 124 Å². The van der Waals surface area contributed by atoms with Crippen LogP contribution in [0.4, 0.5) is 4.79 Å². The van der Waals surface area contributed by atoms with E-state index in [1.807, 2.05) is 0 Å². The summed E-state index contributed by atoms with van der Waals surface area (Å²) < 4.78 is 0. The molecular formula is C10H12N6O3S. The minimum atomic E-state index is -1.08. The number of H-pyrrole nitrogens is 1. The Morgan fingerprint density at radius 3 is 2.95 bits per heavy atom. The Hall–Kier alpha value is -2.49. The maximum Gasteiger partial charge on any atom is 0.355 e. The van der Waals surface area contributed by atoms with E-state index in [9.17, 15) is 9.59 Å². The summed E-state index contributed by atoms with van der Waals surface area (Å²) in [6.45, 7) is 0.474. The van der Waals surface area contributed by atoms with Crippen molar-refractivity contribution in [3.63, 3.8) is 0 Å². The summed E-state index contributed by atoms with van der Waals surface area (Å²) in [6, 6.07) is -0.312. The van der Waals surface area contributed by atoms with Crippen molar-refractivity contribution in [1.29, 1.82) is 0 Å². The lowest BCUT2D eigenvalue weighted by Crippen LogP contribution is -2.36. The van der Waals surface area contributed by atoms with Crippen molar-refractivity contribution < 1.29 is 14.7 Å². The number of carbonyl (C=O) groups is 2. The molecule has 0 unspecified atom stereocenters. The quantitative estimate of drug-likeness (QED) is 0.729. The van der Waals surface area contributed by atoms with Crippen LogP contribution >= 0.6 is 11.3 Å². The van der Waals surface area contributed by atoms with Gasteiger partial charge in [-0.1, -0.05) is 0 Å². The van der Waals surface area contributed by atoms with Gasteiger partial charge in [0, 0.05) is 12.4 Å². The third-order valence-corrected chi connectivity index (χ3v) is 3.21. The summed E-state index contributed by atoms with van der Waals surface area (Å²) in [4.78, 5) is 31.7. The van der Waals surface area contributed by atoms with Gasteiger partial charge in [0.15, 0.2) is 5.69 Å². The first-order valence-corrected chi connectivity index (χ1v) is 6.45. The van der Waals surface area contributed by atoms with Crippen LogP contribution in [0.1, 0.15) is 21.3 Å². The van der Waals surface area contributed by atoms with Crippen molar-refractivity contribution >= 4 is 23.3 Å². The van der Waals surface area contributed by atoms with Gasteiger partial charge in [-0.15, -0.1) is 11.3 Å². The molecule has 2 amide bonds. The molecular weight excluding hydrogens is 284 g/mol. The summed E-state index contributed by atoms with van der Waals surface area (Å²) in [5.74, 6) is -0.508. The predicted octanol–water partition coefficient (Wildman–Crippen LogP) is 0.301. The number of carboxylic acids is 1. The second kappa shape index (κ2) is 6.10. The van der Waals surface area contributed by atoms with Crippen molar-refractivity contribution in [1.82, 2.24) is 30.4 Å². The van der Waals surface area contributed by atoms with E-state index in [0.717, 1.165) is 0 Å². The molecule has 10 heteroatoms. The third kappa shape index (κ3) is 3.51. The van der Waals surface area contributed by atoms with Gasteiger partial charge in [0.1, 0.15) is 17.2 Å². The summed E-state index contributed by atoms with van der Waals surface area (Å²) in [5.41, 5.74) is -0.0192. The van der Waals surface area contributed by atoms with Gasteiger partial charge in [0.25, 0.3) is 0 Å². The van der Waals surface area contributed by atoms with Crippen molar-refractivity contribution in [3.8, 4) is 0 Å². The largest absolute Gasteiger partial charge is 0.476 e. The van der Waals surface area contributed by atoms with E-state index in [1.165, 1.54) is 27.9 Å². The SMILES string of the molecule is CN(Cc1ncn[nH]1)C(=O)NCc1nc(C(=O)O)cs1. The maximum atomic E-state index is 11.8. The fourth-order valence-corrected chi connectivity index (χ4v) is 2.09. The van der Waals surface area contributed by atoms with Crippen LogP contribution in [0.25, 0.3) is 0 Å². The van der Waals surface area contributed by atoms with Gasteiger partial charge in [-0.25, -0.2) is 19.6 Å². The summed E-state index contributed by atoms with van der Waals surface area (Å²) >= 11 is 1.18. The molecule has 0 radical (unpaired) electrons. The zero-order chi connectivity index (χ0) is 14.5. The number of hydrogen-bond acceptors (Lipinski definition) is 6. The van der Waals surface area contributed by atoms with E-state index in [1.54, 1.807) is 7.05 Å². The van der Waals surface area contributed by atoms with E-state index in [4.69, 9.17) is 5.11 Å². The Morgan fingerprint density at radius 1 is 1.55 bits per heavy atom. The molecule has 2 heterocycles. The Labute approximate surface area is 117 Å². The van der Waals surface area contributed by atoms with E-state index < -0.39 is 5.97 Å². The van der Waals surface area contributed by atoms with E-state index in [2.05, 4.69) is 25.5 Å². The molecule has 2 aromatic rings. The molecule has 0 aromatic carbocycles. The molecule has 0 aliphatic carbocycles. The lowest BCUT2D eigenvalue weighted by atomic mass is 10.5. The van der Waals surface area contributed by atoms with Crippen LogP contribution in [-0.2, 0) is 13.1 Å². The van der Waals surface area contributed by atoms with Gasteiger partial charge in [-0.3, -0.25) is 5.10 Å². The second-order valence-corrected chi connectivity index (χ2v) is 4.82. The predicted molar refractivity (Wildman–Crippen MR) is 69.2 cm³/mol. The van der Waals surface area contributed by atoms with Crippen LogP contribution in [0.5, 0.6) is 0 Å². The van der Waals surface area contributed by atoms with Crippen LogP contribution in [0.3, 0.4) is 0 Å². The zero-order valence-electron chi connectivity index (χ0n) is 10.5. The molecule has 2 aromatic heterocycles. The Balaban J connectivity index is 1.83. The Kier molecular flexibility index (Phi) is 4.25. The van der Waals surface area contributed by atoms with Crippen molar-refractivity contribution in [2.75, 3.05) is 7.05 Å². The lowest BCUT2D eigenvalue weighted by Gasteiger charge is -2.15. The molecule has 0 saturated heterocycles. The minimum Gasteiger partial charge on any atom is -0.476 e. The molecule has 0 fully saturated rings. The molecule has 9 nitrogen and oxygen atoms in total. The van der Waals surface area contributed by atoms with Gasteiger partial charge in [0.05, 0.1) is 13.1 Å². The lowest BCUT2D eigenvalue weighted by molar-refractivity contribution is 0.0691. The smallest absolute Gasteiger partial charge is 0.355 e. The number of carbonyl (C=O) groups excluding carboxylic acids is 1. The molecule has 0 aliphatic rings. The number of nitrogens with one attached hydrogen (secondary N) is 2. The normalized spacial score (nSPS) is 10.2. The number of aromatic nitrogens is 4. The van der Waals surface area contributed by atoms with Crippen molar-refractivity contribution in [2.45, 2.75) is 13.1 Å². The van der Waals surface area contributed by atoms with Gasteiger partial charge in [-0.05, 0) is 0 Å². The molecule has 0 aliphatic heterocycles. The molecule has 2 rings (SSSR count).